The summed E-state index contributed by atoms with van der Waals surface area (Å²) in [4.78, 5) is 8.63. The second kappa shape index (κ2) is 6.75. The molecule has 1 heterocycles. The fourth-order valence-electron chi connectivity index (χ4n) is 2.06. The highest BCUT2D eigenvalue weighted by molar-refractivity contribution is 9.10. The Labute approximate surface area is 141 Å². The molecule has 2 aromatic carbocycles. The van der Waals surface area contributed by atoms with Crippen LogP contribution in [0.3, 0.4) is 0 Å². The van der Waals surface area contributed by atoms with Crippen LogP contribution in [-0.4, -0.2) is 9.97 Å². The average Bonchev–Trinajstić information content (AvgIpc) is 2.53. The summed E-state index contributed by atoms with van der Waals surface area (Å²) in [6, 6.07) is 13.8. The molecule has 0 spiro atoms. The summed E-state index contributed by atoms with van der Waals surface area (Å²) in [5.74, 6) is 0.845. The number of nitrogens with one attached hydrogen (secondary N) is 2. The molecule has 1 aromatic heterocycles. The van der Waals surface area contributed by atoms with Crippen LogP contribution < -0.4 is 10.6 Å². The maximum atomic E-state index is 12.9. The molecular formula is C17H14BrFN4. The van der Waals surface area contributed by atoms with Crippen molar-refractivity contribution in [2.24, 2.45) is 0 Å². The molecule has 0 aliphatic heterocycles. The average molecular weight is 373 g/mol. The fraction of sp³-hybridized carbons (Fsp3) is 0.0588. The summed E-state index contributed by atoms with van der Waals surface area (Å²) in [6.45, 7) is 2.01. The molecule has 116 valence electrons. The molecule has 0 amide bonds. The Bertz CT molecular complexity index is 821. The summed E-state index contributed by atoms with van der Waals surface area (Å²) in [5, 5.41) is 6.31. The Morgan fingerprint density at radius 1 is 1.00 bits per heavy atom. The van der Waals surface area contributed by atoms with Gasteiger partial charge in [0.15, 0.2) is 0 Å². The van der Waals surface area contributed by atoms with Gasteiger partial charge < -0.3 is 10.6 Å². The smallest absolute Gasteiger partial charge is 0.229 e. The van der Waals surface area contributed by atoms with Crippen molar-refractivity contribution in [3.8, 4) is 0 Å². The Hall–Kier alpha value is -2.47. The summed E-state index contributed by atoms with van der Waals surface area (Å²) in [6.07, 6.45) is 1.66. The van der Waals surface area contributed by atoms with E-state index in [0.29, 0.717) is 11.8 Å². The first-order valence-corrected chi connectivity index (χ1v) is 7.78. The largest absolute Gasteiger partial charge is 0.340 e. The van der Waals surface area contributed by atoms with Crippen molar-refractivity contribution in [3.05, 3.63) is 70.6 Å². The van der Waals surface area contributed by atoms with Crippen LogP contribution in [-0.2, 0) is 0 Å². The molecule has 23 heavy (non-hydrogen) atoms. The van der Waals surface area contributed by atoms with Gasteiger partial charge in [0.1, 0.15) is 11.6 Å². The first-order chi connectivity index (χ1) is 11.1. The number of aromatic nitrogens is 2. The minimum absolute atomic E-state index is 0.272. The zero-order chi connectivity index (χ0) is 16.2. The highest BCUT2D eigenvalue weighted by Crippen LogP contribution is 2.23. The van der Waals surface area contributed by atoms with E-state index >= 15 is 0 Å². The van der Waals surface area contributed by atoms with Crippen molar-refractivity contribution in [2.75, 3.05) is 10.6 Å². The van der Waals surface area contributed by atoms with E-state index in [0.717, 1.165) is 21.4 Å². The molecule has 0 saturated heterocycles. The molecule has 3 rings (SSSR count). The molecule has 0 radical (unpaired) electrons. The van der Waals surface area contributed by atoms with Gasteiger partial charge in [-0.2, -0.15) is 4.98 Å². The molecular weight excluding hydrogens is 359 g/mol. The van der Waals surface area contributed by atoms with E-state index in [2.05, 4.69) is 36.5 Å². The Morgan fingerprint density at radius 3 is 2.52 bits per heavy atom. The van der Waals surface area contributed by atoms with Gasteiger partial charge in [-0.3, -0.25) is 0 Å². The molecule has 2 N–H and O–H groups in total. The lowest BCUT2D eigenvalue weighted by atomic mass is 10.2. The molecule has 0 fully saturated rings. The van der Waals surface area contributed by atoms with Gasteiger partial charge in [0.25, 0.3) is 0 Å². The summed E-state index contributed by atoms with van der Waals surface area (Å²) in [7, 11) is 0. The Balaban J connectivity index is 1.78. The molecule has 3 aromatic rings. The summed E-state index contributed by atoms with van der Waals surface area (Å²) < 4.78 is 14.0. The van der Waals surface area contributed by atoms with E-state index in [1.54, 1.807) is 24.4 Å². The van der Waals surface area contributed by atoms with E-state index in [1.807, 2.05) is 25.1 Å². The van der Waals surface area contributed by atoms with Gasteiger partial charge in [0.05, 0.1) is 0 Å². The molecule has 6 heteroatoms. The molecule has 0 aliphatic carbocycles. The molecule has 0 atom stereocenters. The maximum absolute atomic E-state index is 12.9. The fourth-order valence-corrected chi connectivity index (χ4v) is 2.53. The van der Waals surface area contributed by atoms with Gasteiger partial charge in [-0.1, -0.05) is 15.9 Å². The van der Waals surface area contributed by atoms with Gasteiger partial charge in [-0.05, 0) is 61.0 Å². The minimum Gasteiger partial charge on any atom is -0.340 e. The van der Waals surface area contributed by atoms with E-state index in [9.17, 15) is 4.39 Å². The predicted molar refractivity (Wildman–Crippen MR) is 93.9 cm³/mol. The van der Waals surface area contributed by atoms with Crippen molar-refractivity contribution in [2.45, 2.75) is 6.92 Å². The molecule has 0 aliphatic rings. The van der Waals surface area contributed by atoms with Crippen LogP contribution in [0.1, 0.15) is 5.56 Å². The zero-order valence-corrected chi connectivity index (χ0v) is 13.9. The first-order valence-electron chi connectivity index (χ1n) is 6.99. The Morgan fingerprint density at radius 2 is 1.78 bits per heavy atom. The van der Waals surface area contributed by atoms with Crippen LogP contribution in [0.15, 0.2) is 59.2 Å². The highest BCUT2D eigenvalue weighted by Gasteiger charge is 2.04. The van der Waals surface area contributed by atoms with Crippen molar-refractivity contribution in [1.29, 1.82) is 0 Å². The van der Waals surface area contributed by atoms with Gasteiger partial charge in [0, 0.05) is 22.0 Å². The van der Waals surface area contributed by atoms with Crippen LogP contribution in [0, 0.1) is 12.7 Å². The number of nitrogens with zero attached hydrogens (tertiary/aromatic N) is 2. The van der Waals surface area contributed by atoms with Crippen LogP contribution >= 0.6 is 15.9 Å². The number of anilines is 4. The van der Waals surface area contributed by atoms with Crippen LogP contribution in [0.4, 0.5) is 27.5 Å². The van der Waals surface area contributed by atoms with E-state index in [-0.39, 0.29) is 5.82 Å². The maximum Gasteiger partial charge on any atom is 0.229 e. The predicted octanol–water partition coefficient (Wildman–Crippen LogP) is 5.17. The molecule has 0 bridgehead atoms. The lowest BCUT2D eigenvalue weighted by Gasteiger charge is -2.10. The normalized spacial score (nSPS) is 10.4. The number of hydrogen-bond donors (Lipinski definition) is 2. The molecule has 4 nitrogen and oxygen atoms in total. The summed E-state index contributed by atoms with van der Waals surface area (Å²) >= 11 is 3.44. The summed E-state index contributed by atoms with van der Waals surface area (Å²) in [5.41, 5.74) is 2.78. The van der Waals surface area contributed by atoms with Gasteiger partial charge in [-0.25, -0.2) is 9.37 Å². The van der Waals surface area contributed by atoms with Crippen molar-refractivity contribution >= 4 is 39.1 Å². The first kappa shape index (κ1) is 15.4. The minimum atomic E-state index is -0.272. The lowest BCUT2D eigenvalue weighted by Crippen LogP contribution is -2.01. The van der Waals surface area contributed by atoms with Gasteiger partial charge in [-0.15, -0.1) is 0 Å². The SMILES string of the molecule is Cc1cc(Br)ccc1Nc1nccc(Nc2ccc(F)cc2)n1. The molecule has 0 saturated carbocycles. The van der Waals surface area contributed by atoms with E-state index < -0.39 is 0 Å². The van der Waals surface area contributed by atoms with E-state index in [1.165, 1.54) is 12.1 Å². The highest BCUT2D eigenvalue weighted by atomic mass is 79.9. The standard InChI is InChI=1S/C17H14BrFN4/c1-11-10-12(18)2-7-15(11)22-17-20-9-8-16(23-17)21-14-5-3-13(19)4-6-14/h2-10H,1H3,(H2,20,21,22,23). The lowest BCUT2D eigenvalue weighted by molar-refractivity contribution is 0.628. The zero-order valence-electron chi connectivity index (χ0n) is 12.3. The Kier molecular flexibility index (Phi) is 4.52. The van der Waals surface area contributed by atoms with Crippen molar-refractivity contribution in [1.82, 2.24) is 9.97 Å². The topological polar surface area (TPSA) is 49.8 Å². The third-order valence-corrected chi connectivity index (χ3v) is 3.70. The third kappa shape index (κ3) is 4.04. The number of aryl methyl sites for hydroxylation is 1. The van der Waals surface area contributed by atoms with Gasteiger partial charge >= 0.3 is 0 Å². The number of benzene rings is 2. The number of hydrogen-bond acceptors (Lipinski definition) is 4. The van der Waals surface area contributed by atoms with Crippen molar-refractivity contribution in [3.63, 3.8) is 0 Å². The van der Waals surface area contributed by atoms with Crippen LogP contribution in [0.25, 0.3) is 0 Å². The van der Waals surface area contributed by atoms with Crippen LogP contribution in [0.5, 0.6) is 0 Å². The van der Waals surface area contributed by atoms with E-state index in [4.69, 9.17) is 0 Å². The van der Waals surface area contributed by atoms with Crippen LogP contribution in [0.2, 0.25) is 0 Å². The van der Waals surface area contributed by atoms with Crippen molar-refractivity contribution < 1.29 is 4.39 Å². The van der Waals surface area contributed by atoms with Gasteiger partial charge in [0.2, 0.25) is 5.95 Å². The third-order valence-electron chi connectivity index (χ3n) is 3.21. The number of rotatable bonds is 4. The quantitative estimate of drug-likeness (QED) is 0.662. The second-order valence-electron chi connectivity index (χ2n) is 4.98. The second-order valence-corrected chi connectivity index (χ2v) is 5.90. The molecule has 0 unspecified atom stereocenters. The number of halogens is 2. The monoisotopic (exact) mass is 372 g/mol.